The number of nitrogens with zero attached hydrogens (tertiary/aromatic N) is 1. The van der Waals surface area contributed by atoms with E-state index in [0.29, 0.717) is 5.13 Å². The minimum Gasteiger partial charge on any atom is -0.481 e. The van der Waals surface area contributed by atoms with E-state index in [0.717, 1.165) is 5.69 Å². The Bertz CT molecular complexity index is 419. The van der Waals surface area contributed by atoms with Crippen LogP contribution in [0.2, 0.25) is 0 Å². The fourth-order valence-electron chi connectivity index (χ4n) is 1.09. The van der Waals surface area contributed by atoms with Crippen LogP contribution in [0, 0.1) is 12.8 Å². The van der Waals surface area contributed by atoms with Gasteiger partial charge in [-0.3, -0.25) is 10.1 Å². The maximum Gasteiger partial charge on any atom is 0.321 e. The van der Waals surface area contributed by atoms with Crippen LogP contribution in [0.5, 0.6) is 0 Å². The first-order valence-corrected chi connectivity index (χ1v) is 6.00. The van der Waals surface area contributed by atoms with Gasteiger partial charge >= 0.3 is 12.0 Å². The largest absolute Gasteiger partial charge is 0.481 e. The number of carbonyl (C=O) groups is 2. The van der Waals surface area contributed by atoms with E-state index in [1.165, 1.54) is 11.3 Å². The average Bonchev–Trinajstić information content (AvgIpc) is 2.62. The summed E-state index contributed by atoms with van der Waals surface area (Å²) in [5.74, 6) is -1.58. The molecule has 0 saturated carbocycles. The van der Waals surface area contributed by atoms with Crippen molar-refractivity contribution in [1.82, 2.24) is 10.3 Å². The molecule has 0 fully saturated rings. The molecular formula is C10H15N3O3S. The summed E-state index contributed by atoms with van der Waals surface area (Å²) in [5.41, 5.74) is 0.831. The molecule has 0 bridgehead atoms. The molecule has 0 aliphatic carbocycles. The fourth-order valence-corrected chi connectivity index (χ4v) is 1.77. The van der Waals surface area contributed by atoms with Gasteiger partial charge in [-0.15, -0.1) is 11.3 Å². The van der Waals surface area contributed by atoms with Gasteiger partial charge in [0.05, 0.1) is 11.6 Å². The molecular weight excluding hydrogens is 242 g/mol. The van der Waals surface area contributed by atoms with Crippen LogP contribution in [0.3, 0.4) is 0 Å². The van der Waals surface area contributed by atoms with E-state index < -0.39 is 24.0 Å². The number of amides is 2. The molecule has 1 aromatic rings. The van der Waals surface area contributed by atoms with Crippen molar-refractivity contribution in [2.24, 2.45) is 5.92 Å². The first kappa shape index (κ1) is 13.4. The van der Waals surface area contributed by atoms with Gasteiger partial charge in [-0.2, -0.15) is 0 Å². The summed E-state index contributed by atoms with van der Waals surface area (Å²) in [7, 11) is 0. The molecule has 0 saturated heterocycles. The molecule has 7 heteroatoms. The molecule has 0 aromatic carbocycles. The Hall–Kier alpha value is -1.63. The molecule has 1 heterocycles. The standard InChI is InChI=1S/C10H15N3O3S/c1-5-4-17-10(11-5)13-9(16)12-7(3)6(2)8(14)15/h4,6-7H,1-3H3,(H,14,15)(H2,11,12,13,16). The fraction of sp³-hybridized carbons (Fsp3) is 0.500. The van der Waals surface area contributed by atoms with Crippen LogP contribution in [0.1, 0.15) is 19.5 Å². The topological polar surface area (TPSA) is 91.3 Å². The number of aryl methyl sites for hydroxylation is 1. The van der Waals surface area contributed by atoms with E-state index in [1.54, 1.807) is 13.8 Å². The van der Waals surface area contributed by atoms with Crippen molar-refractivity contribution in [2.45, 2.75) is 26.8 Å². The summed E-state index contributed by atoms with van der Waals surface area (Å²) in [6, 6.07) is -0.895. The molecule has 0 aliphatic rings. The Labute approximate surface area is 103 Å². The Morgan fingerprint density at radius 1 is 1.47 bits per heavy atom. The molecule has 1 aromatic heterocycles. The molecule has 94 valence electrons. The highest BCUT2D eigenvalue weighted by atomic mass is 32.1. The second-order valence-electron chi connectivity index (χ2n) is 3.81. The zero-order chi connectivity index (χ0) is 13.0. The van der Waals surface area contributed by atoms with Crippen molar-refractivity contribution >= 4 is 28.5 Å². The number of aromatic nitrogens is 1. The van der Waals surface area contributed by atoms with Crippen molar-refractivity contribution in [3.63, 3.8) is 0 Å². The molecule has 6 nitrogen and oxygen atoms in total. The minimum absolute atomic E-state index is 0.444. The van der Waals surface area contributed by atoms with Crippen LogP contribution in [0.15, 0.2) is 5.38 Å². The summed E-state index contributed by atoms with van der Waals surface area (Å²) in [4.78, 5) is 26.3. The predicted octanol–water partition coefficient (Wildman–Crippen LogP) is 1.68. The molecule has 0 spiro atoms. The van der Waals surface area contributed by atoms with Gasteiger partial charge in [0.15, 0.2) is 5.13 Å². The highest BCUT2D eigenvalue weighted by Crippen LogP contribution is 2.14. The van der Waals surface area contributed by atoms with E-state index >= 15 is 0 Å². The number of urea groups is 1. The molecule has 0 aliphatic heterocycles. The van der Waals surface area contributed by atoms with Gasteiger partial charge in [-0.25, -0.2) is 9.78 Å². The maximum absolute atomic E-state index is 11.5. The van der Waals surface area contributed by atoms with Gasteiger partial charge in [0, 0.05) is 11.4 Å². The van der Waals surface area contributed by atoms with Crippen LogP contribution >= 0.6 is 11.3 Å². The van der Waals surface area contributed by atoms with Gasteiger partial charge in [-0.1, -0.05) is 0 Å². The van der Waals surface area contributed by atoms with Gasteiger partial charge in [0.1, 0.15) is 0 Å². The summed E-state index contributed by atoms with van der Waals surface area (Å²) in [6.07, 6.45) is 0. The summed E-state index contributed by atoms with van der Waals surface area (Å²) in [5, 5.41) is 16.2. The lowest BCUT2D eigenvalue weighted by Crippen LogP contribution is -2.42. The van der Waals surface area contributed by atoms with Crippen molar-refractivity contribution in [1.29, 1.82) is 0 Å². The number of hydrogen-bond acceptors (Lipinski definition) is 4. The molecule has 2 atom stereocenters. The van der Waals surface area contributed by atoms with Crippen LogP contribution in [-0.4, -0.2) is 28.1 Å². The Kier molecular flexibility index (Phi) is 4.45. The number of thiazole rings is 1. The number of aliphatic carboxylic acids is 1. The van der Waals surface area contributed by atoms with E-state index in [1.807, 2.05) is 12.3 Å². The van der Waals surface area contributed by atoms with E-state index in [2.05, 4.69) is 15.6 Å². The highest BCUT2D eigenvalue weighted by Gasteiger charge is 2.21. The minimum atomic E-state index is -0.942. The first-order chi connectivity index (χ1) is 7.90. The SMILES string of the molecule is Cc1csc(NC(=O)NC(C)C(C)C(=O)O)n1. The quantitative estimate of drug-likeness (QED) is 0.765. The first-order valence-electron chi connectivity index (χ1n) is 5.12. The van der Waals surface area contributed by atoms with Crippen molar-refractivity contribution < 1.29 is 14.7 Å². The Balaban J connectivity index is 2.47. The third-order valence-corrected chi connectivity index (χ3v) is 3.21. The zero-order valence-corrected chi connectivity index (χ0v) is 10.7. The molecule has 1 rings (SSSR count). The molecule has 17 heavy (non-hydrogen) atoms. The number of rotatable bonds is 4. The number of nitrogens with one attached hydrogen (secondary N) is 2. The normalized spacial score (nSPS) is 13.8. The van der Waals surface area contributed by atoms with Crippen LogP contribution in [0.4, 0.5) is 9.93 Å². The van der Waals surface area contributed by atoms with Crippen molar-refractivity contribution in [3.05, 3.63) is 11.1 Å². The van der Waals surface area contributed by atoms with Gasteiger partial charge < -0.3 is 10.4 Å². The summed E-state index contributed by atoms with van der Waals surface area (Å²) >= 11 is 1.32. The zero-order valence-electron chi connectivity index (χ0n) is 9.85. The second-order valence-corrected chi connectivity index (χ2v) is 4.67. The number of carboxylic acids is 1. The van der Waals surface area contributed by atoms with E-state index in [-0.39, 0.29) is 0 Å². The third-order valence-electron chi connectivity index (χ3n) is 2.34. The van der Waals surface area contributed by atoms with Crippen LogP contribution in [0.25, 0.3) is 0 Å². The molecule has 0 radical (unpaired) electrons. The lowest BCUT2D eigenvalue weighted by molar-refractivity contribution is -0.141. The number of carboxylic acid groups (broad SMARTS) is 1. The smallest absolute Gasteiger partial charge is 0.321 e. The number of anilines is 1. The third kappa shape index (κ3) is 4.03. The van der Waals surface area contributed by atoms with Gasteiger partial charge in [0.25, 0.3) is 0 Å². The average molecular weight is 257 g/mol. The van der Waals surface area contributed by atoms with Crippen LogP contribution < -0.4 is 10.6 Å². The highest BCUT2D eigenvalue weighted by molar-refractivity contribution is 7.13. The Morgan fingerprint density at radius 3 is 2.59 bits per heavy atom. The lowest BCUT2D eigenvalue weighted by Gasteiger charge is -2.17. The van der Waals surface area contributed by atoms with E-state index in [9.17, 15) is 9.59 Å². The lowest BCUT2D eigenvalue weighted by atomic mass is 10.0. The molecule has 2 amide bonds. The summed E-state index contributed by atoms with van der Waals surface area (Å²) in [6.45, 7) is 5.01. The molecule has 3 N–H and O–H groups in total. The van der Waals surface area contributed by atoms with Crippen molar-refractivity contribution in [3.8, 4) is 0 Å². The number of carbonyl (C=O) groups excluding carboxylic acids is 1. The maximum atomic E-state index is 11.5. The van der Waals surface area contributed by atoms with Crippen LogP contribution in [-0.2, 0) is 4.79 Å². The van der Waals surface area contributed by atoms with E-state index in [4.69, 9.17) is 5.11 Å². The monoisotopic (exact) mass is 257 g/mol. The second kappa shape index (κ2) is 5.62. The molecule has 2 unspecified atom stereocenters. The predicted molar refractivity (Wildman–Crippen MR) is 65.3 cm³/mol. The van der Waals surface area contributed by atoms with Crippen molar-refractivity contribution in [2.75, 3.05) is 5.32 Å². The Morgan fingerprint density at radius 2 is 2.12 bits per heavy atom. The van der Waals surface area contributed by atoms with Gasteiger partial charge in [-0.05, 0) is 20.8 Å². The van der Waals surface area contributed by atoms with Gasteiger partial charge in [0.2, 0.25) is 0 Å². The number of hydrogen-bond donors (Lipinski definition) is 3. The summed E-state index contributed by atoms with van der Waals surface area (Å²) < 4.78 is 0.